The molecule has 0 saturated heterocycles. The summed E-state index contributed by atoms with van der Waals surface area (Å²) in [5.41, 5.74) is 0. The molecule has 0 heterocycles. The van der Waals surface area contributed by atoms with Gasteiger partial charge in [0.15, 0.2) is 0 Å². The number of phosphoric acid groups is 1. The Balaban J connectivity index is -0.0000000750. The summed E-state index contributed by atoms with van der Waals surface area (Å²) in [5.74, 6) is 0. The average Bonchev–Trinajstić information content (AvgIpc) is 1.36. The third-order valence-electron chi connectivity index (χ3n) is 0. The molecule has 0 amide bonds. The van der Waals surface area contributed by atoms with Crippen LogP contribution >= 0.6 is 7.82 Å². The van der Waals surface area contributed by atoms with Crippen molar-refractivity contribution in [2.24, 2.45) is 0 Å². The van der Waals surface area contributed by atoms with Gasteiger partial charge in [0.25, 0.3) is 0 Å². The summed E-state index contributed by atoms with van der Waals surface area (Å²) in [5, 5.41) is 0. The van der Waals surface area contributed by atoms with Crippen LogP contribution in [0.25, 0.3) is 0 Å². The molecule has 0 aromatic carbocycles. The third kappa shape index (κ3) is 206. The van der Waals surface area contributed by atoms with Crippen LogP contribution in [0.3, 0.4) is 0 Å². The molecule has 0 rings (SSSR count). The molecule has 0 radical (unpaired) electrons. The van der Waals surface area contributed by atoms with Crippen molar-refractivity contribution in [3.63, 3.8) is 0 Å². The molecule has 0 spiro atoms. The predicted molar refractivity (Wildman–Crippen MR) is 22.5 cm³/mol. The molecule has 0 aliphatic rings. The molecule has 0 unspecified atom stereocenters. The zero-order valence-corrected chi connectivity index (χ0v) is 4.84. The average molecular weight is 184 g/mol. The Kier molecular flexibility index (Phi) is 16.4. The minimum absolute atomic E-state index is 0. The van der Waals surface area contributed by atoms with Crippen molar-refractivity contribution in [1.29, 1.82) is 0 Å². The fraction of sp³-hybridized carbons (Fsp3) is 0. The van der Waals surface area contributed by atoms with Crippen LogP contribution in [-0.4, -0.2) is 33.5 Å². The summed E-state index contributed by atoms with van der Waals surface area (Å²) < 4.78 is 18.1. The van der Waals surface area contributed by atoms with Crippen LogP contribution in [-0.2, 0) is 20.8 Å². The van der Waals surface area contributed by atoms with Gasteiger partial charge in [-0.1, -0.05) is 0 Å². The van der Waals surface area contributed by atoms with Gasteiger partial charge < -0.3 is 14.7 Å². The molecule has 3 N–H and O–H groups in total. The van der Waals surface area contributed by atoms with Crippen LogP contribution < -0.4 is 0 Å². The van der Waals surface area contributed by atoms with Crippen LogP contribution in [0.15, 0.2) is 0 Å². The molecular formula is H4CoFLiO4P. The van der Waals surface area contributed by atoms with E-state index >= 15 is 0 Å². The number of hydrogen-bond acceptors (Lipinski definition) is 1. The fourth-order valence-electron chi connectivity index (χ4n) is 0. The predicted octanol–water partition coefficient (Wildman–Crippen LogP) is -1.16. The first-order chi connectivity index (χ1) is 3.00. The van der Waals surface area contributed by atoms with Gasteiger partial charge in [-0.3, -0.25) is 0 Å². The van der Waals surface area contributed by atoms with Crippen molar-refractivity contribution in [2.45, 2.75) is 0 Å². The van der Waals surface area contributed by atoms with E-state index in [0.29, 0.717) is 0 Å². The van der Waals surface area contributed by atoms with Crippen molar-refractivity contribution in [3.05, 3.63) is 0 Å². The van der Waals surface area contributed by atoms with E-state index < -0.39 is 7.82 Å². The summed E-state index contributed by atoms with van der Waals surface area (Å²) in [6, 6.07) is 0. The number of rotatable bonds is 0. The van der Waals surface area contributed by atoms with E-state index in [4.69, 9.17) is 19.2 Å². The Hall–Kier alpha value is 1.14. The van der Waals surface area contributed by atoms with Crippen molar-refractivity contribution < 1.29 is 39.0 Å². The second-order valence-corrected chi connectivity index (χ2v) is 1.54. The van der Waals surface area contributed by atoms with E-state index in [0.717, 1.165) is 0 Å². The summed E-state index contributed by atoms with van der Waals surface area (Å²) >= 11 is 2.06. The summed E-state index contributed by atoms with van der Waals surface area (Å²) in [6.07, 6.45) is 0. The van der Waals surface area contributed by atoms with Crippen molar-refractivity contribution in [3.8, 4) is 0 Å². The van der Waals surface area contributed by atoms with Gasteiger partial charge in [0.2, 0.25) is 0 Å². The molecule has 0 aliphatic heterocycles. The Labute approximate surface area is 65.9 Å². The normalized spacial score (nSPS) is 8.25. The molecule has 0 fully saturated rings. The summed E-state index contributed by atoms with van der Waals surface area (Å²) in [4.78, 5) is 21.6. The zero-order chi connectivity index (χ0) is 6.50. The van der Waals surface area contributed by atoms with E-state index in [-0.39, 0.29) is 18.9 Å². The second kappa shape index (κ2) is 8.14. The molecule has 4 nitrogen and oxygen atoms in total. The van der Waals surface area contributed by atoms with Crippen molar-refractivity contribution in [1.82, 2.24) is 0 Å². The topological polar surface area (TPSA) is 77.8 Å². The van der Waals surface area contributed by atoms with Gasteiger partial charge in [-0.25, -0.2) is 4.57 Å². The maximum absolute atomic E-state index is 9.19. The minimum atomic E-state index is -4.64. The van der Waals surface area contributed by atoms with Gasteiger partial charge in [-0.05, 0) is 0 Å². The molecule has 50 valence electrons. The Bertz CT molecular complexity index is 62.2. The van der Waals surface area contributed by atoms with Crippen LogP contribution in [0.4, 0.5) is 3.58 Å². The summed E-state index contributed by atoms with van der Waals surface area (Å²) in [6.45, 7) is 0. The third-order valence-corrected chi connectivity index (χ3v) is 0. The molecule has 0 atom stereocenters. The summed E-state index contributed by atoms with van der Waals surface area (Å²) in [7, 11) is -4.64. The standard InChI is InChI=1S/Co.FH.Li.H3O4P.H/c;;;1-5(2,3)4;/h;1H;;(H3,1,2,3,4);/q+1;;;;/p-1. The maximum atomic E-state index is 9.19. The van der Waals surface area contributed by atoms with Crippen LogP contribution in [0.2, 0.25) is 0 Å². The zero-order valence-electron chi connectivity index (χ0n) is 2.91. The van der Waals surface area contributed by atoms with Crippen molar-refractivity contribution >= 4 is 26.7 Å². The van der Waals surface area contributed by atoms with Crippen LogP contribution in [0, 0.1) is 0 Å². The van der Waals surface area contributed by atoms with E-state index in [2.05, 4.69) is 16.2 Å². The van der Waals surface area contributed by atoms with Gasteiger partial charge in [-0.2, -0.15) is 0 Å². The van der Waals surface area contributed by atoms with Gasteiger partial charge in [0.05, 0.1) is 0 Å². The van der Waals surface area contributed by atoms with Gasteiger partial charge >= 0.3 is 46.4 Å². The molecule has 0 aromatic rings. The number of hydrogen-bond donors (Lipinski definition) is 3. The van der Waals surface area contributed by atoms with E-state index in [9.17, 15) is 3.58 Å². The van der Waals surface area contributed by atoms with Gasteiger partial charge in [0, 0.05) is 0 Å². The SMILES string of the molecule is O=P(O)(O)O.[F][Co].[LiH]. The molecule has 0 saturated carbocycles. The van der Waals surface area contributed by atoms with E-state index in [1.54, 1.807) is 0 Å². The van der Waals surface area contributed by atoms with E-state index in [1.165, 1.54) is 0 Å². The molecule has 8 heteroatoms. The van der Waals surface area contributed by atoms with Crippen LogP contribution in [0.1, 0.15) is 0 Å². The van der Waals surface area contributed by atoms with Gasteiger partial charge in [-0.15, -0.1) is 0 Å². The first-order valence-corrected chi connectivity index (χ1v) is 2.87. The Morgan fingerprint density at radius 2 is 1.25 bits per heavy atom. The monoisotopic (exact) mass is 184 g/mol. The molecular weight excluding hydrogens is 180 g/mol. The molecule has 0 bridgehead atoms. The van der Waals surface area contributed by atoms with Gasteiger partial charge in [0.1, 0.15) is 0 Å². The Morgan fingerprint density at radius 1 is 1.25 bits per heavy atom. The second-order valence-electron chi connectivity index (χ2n) is 0.513. The Morgan fingerprint density at radius 3 is 1.25 bits per heavy atom. The van der Waals surface area contributed by atoms with E-state index in [1.807, 2.05) is 0 Å². The number of halogens is 1. The molecule has 8 heavy (non-hydrogen) atoms. The first kappa shape index (κ1) is 16.1. The molecule has 0 aromatic heterocycles. The molecule has 0 aliphatic carbocycles. The fourth-order valence-corrected chi connectivity index (χ4v) is 0. The van der Waals surface area contributed by atoms with Crippen molar-refractivity contribution in [2.75, 3.05) is 0 Å². The van der Waals surface area contributed by atoms with Crippen LogP contribution in [0.5, 0.6) is 0 Å². The quantitative estimate of drug-likeness (QED) is 0.327. The first-order valence-electron chi connectivity index (χ1n) is 0.909.